The summed E-state index contributed by atoms with van der Waals surface area (Å²) in [5.74, 6) is 3.76. The van der Waals surface area contributed by atoms with Crippen LogP contribution in [0.3, 0.4) is 0 Å². The van der Waals surface area contributed by atoms with Gasteiger partial charge in [0, 0.05) is 25.2 Å². The summed E-state index contributed by atoms with van der Waals surface area (Å²) in [6.07, 6.45) is 10.3. The van der Waals surface area contributed by atoms with E-state index in [4.69, 9.17) is 0 Å². The normalized spacial score (nSPS) is 41.4. The van der Waals surface area contributed by atoms with Crippen LogP contribution < -0.4 is 5.32 Å². The summed E-state index contributed by atoms with van der Waals surface area (Å²) in [6.45, 7) is 11.2. The molecular weight excluding hydrogens is 256 g/mol. The molecular formula is C19H36N2. The van der Waals surface area contributed by atoms with Crippen LogP contribution in [0.1, 0.15) is 65.7 Å². The monoisotopic (exact) mass is 292 g/mol. The van der Waals surface area contributed by atoms with E-state index in [2.05, 4.69) is 31.0 Å². The van der Waals surface area contributed by atoms with Crippen LogP contribution in [0.4, 0.5) is 0 Å². The Morgan fingerprint density at radius 1 is 1.00 bits per heavy atom. The first kappa shape index (κ1) is 15.8. The molecule has 0 aromatic rings. The van der Waals surface area contributed by atoms with Crippen molar-refractivity contribution < 1.29 is 0 Å². The summed E-state index contributed by atoms with van der Waals surface area (Å²) < 4.78 is 0. The largest absolute Gasteiger partial charge is 0.313 e. The summed E-state index contributed by atoms with van der Waals surface area (Å²) in [4.78, 5) is 2.73. The Morgan fingerprint density at radius 3 is 2.29 bits per heavy atom. The standard InChI is InChI=1S/C19H36N2/c1-14(2)21-12-17-8-5-9-18(13-21)19(17)20-11-16-7-4-6-15(3)10-16/h14-20H,4-13H2,1-3H3. The van der Waals surface area contributed by atoms with Gasteiger partial charge in [-0.25, -0.2) is 0 Å². The van der Waals surface area contributed by atoms with Gasteiger partial charge >= 0.3 is 0 Å². The molecule has 0 radical (unpaired) electrons. The second-order valence-electron chi connectivity index (χ2n) is 8.57. The van der Waals surface area contributed by atoms with Crippen LogP contribution in [-0.4, -0.2) is 36.6 Å². The lowest BCUT2D eigenvalue weighted by Crippen LogP contribution is -2.58. The van der Waals surface area contributed by atoms with Crippen molar-refractivity contribution in [2.75, 3.05) is 19.6 Å². The van der Waals surface area contributed by atoms with Gasteiger partial charge in [0.05, 0.1) is 0 Å². The van der Waals surface area contributed by atoms with Crippen LogP contribution in [0.25, 0.3) is 0 Å². The maximum atomic E-state index is 4.05. The van der Waals surface area contributed by atoms with Crippen molar-refractivity contribution in [1.29, 1.82) is 0 Å². The van der Waals surface area contributed by atoms with E-state index in [1.54, 1.807) is 0 Å². The highest BCUT2D eigenvalue weighted by Crippen LogP contribution is 2.36. The summed E-state index contributed by atoms with van der Waals surface area (Å²) in [6, 6.07) is 1.55. The van der Waals surface area contributed by atoms with Crippen molar-refractivity contribution in [3.05, 3.63) is 0 Å². The molecule has 21 heavy (non-hydrogen) atoms. The Morgan fingerprint density at radius 2 is 1.67 bits per heavy atom. The average molecular weight is 293 g/mol. The third-order valence-corrected chi connectivity index (χ3v) is 6.52. The summed E-state index contributed by atoms with van der Waals surface area (Å²) in [7, 11) is 0. The van der Waals surface area contributed by atoms with E-state index in [0.29, 0.717) is 0 Å². The molecule has 2 saturated carbocycles. The van der Waals surface area contributed by atoms with Crippen molar-refractivity contribution in [1.82, 2.24) is 10.2 Å². The number of rotatable bonds is 4. The Labute approximate surface area is 132 Å². The van der Waals surface area contributed by atoms with Gasteiger partial charge in [-0.3, -0.25) is 0 Å². The third kappa shape index (κ3) is 3.82. The molecule has 1 heterocycles. The van der Waals surface area contributed by atoms with Crippen LogP contribution >= 0.6 is 0 Å². The molecule has 2 nitrogen and oxygen atoms in total. The van der Waals surface area contributed by atoms with Crippen LogP contribution in [0.15, 0.2) is 0 Å². The minimum atomic E-state index is 0.730. The first-order valence-electron chi connectivity index (χ1n) is 9.61. The van der Waals surface area contributed by atoms with Gasteiger partial charge in [-0.1, -0.05) is 26.2 Å². The van der Waals surface area contributed by atoms with Crippen LogP contribution in [0.2, 0.25) is 0 Å². The first-order valence-corrected chi connectivity index (χ1v) is 9.61. The van der Waals surface area contributed by atoms with Crippen LogP contribution in [-0.2, 0) is 0 Å². The van der Waals surface area contributed by atoms with Gasteiger partial charge < -0.3 is 10.2 Å². The maximum Gasteiger partial charge on any atom is 0.0148 e. The lowest BCUT2D eigenvalue weighted by atomic mass is 9.72. The number of hydrogen-bond acceptors (Lipinski definition) is 2. The third-order valence-electron chi connectivity index (χ3n) is 6.52. The zero-order chi connectivity index (χ0) is 14.8. The smallest absolute Gasteiger partial charge is 0.0148 e. The van der Waals surface area contributed by atoms with Crippen molar-refractivity contribution in [2.24, 2.45) is 23.7 Å². The topological polar surface area (TPSA) is 15.3 Å². The highest BCUT2D eigenvalue weighted by Gasteiger charge is 2.39. The second-order valence-corrected chi connectivity index (χ2v) is 8.57. The highest BCUT2D eigenvalue weighted by molar-refractivity contribution is 4.95. The predicted octanol–water partition coefficient (Wildman–Crippen LogP) is 3.91. The zero-order valence-electron chi connectivity index (χ0n) is 14.5. The summed E-state index contributed by atoms with van der Waals surface area (Å²) in [5, 5.41) is 4.05. The summed E-state index contributed by atoms with van der Waals surface area (Å²) in [5.41, 5.74) is 0. The molecule has 2 heteroatoms. The first-order chi connectivity index (χ1) is 10.1. The molecule has 4 atom stereocenters. The highest BCUT2D eigenvalue weighted by atomic mass is 15.2. The molecule has 1 saturated heterocycles. The van der Waals surface area contributed by atoms with Gasteiger partial charge in [-0.05, 0) is 69.7 Å². The van der Waals surface area contributed by atoms with E-state index in [0.717, 1.165) is 35.8 Å². The van der Waals surface area contributed by atoms with Gasteiger partial charge in [0.1, 0.15) is 0 Å². The fraction of sp³-hybridized carbons (Fsp3) is 1.00. The summed E-state index contributed by atoms with van der Waals surface area (Å²) >= 11 is 0. The quantitative estimate of drug-likeness (QED) is 0.845. The molecule has 0 spiro atoms. The average Bonchev–Trinajstić information content (AvgIpc) is 2.44. The van der Waals surface area contributed by atoms with Gasteiger partial charge in [0.2, 0.25) is 0 Å². The van der Waals surface area contributed by atoms with Gasteiger partial charge in [-0.15, -0.1) is 0 Å². The van der Waals surface area contributed by atoms with Crippen LogP contribution in [0.5, 0.6) is 0 Å². The number of nitrogens with zero attached hydrogens (tertiary/aromatic N) is 1. The Hall–Kier alpha value is -0.0800. The Kier molecular flexibility index (Phi) is 5.27. The molecule has 2 aliphatic carbocycles. The number of hydrogen-bond donors (Lipinski definition) is 1. The van der Waals surface area contributed by atoms with Crippen LogP contribution in [0, 0.1) is 23.7 Å². The fourth-order valence-electron chi connectivity index (χ4n) is 5.28. The fourth-order valence-corrected chi connectivity index (χ4v) is 5.28. The van der Waals surface area contributed by atoms with E-state index in [-0.39, 0.29) is 0 Å². The molecule has 4 unspecified atom stereocenters. The van der Waals surface area contributed by atoms with Crippen molar-refractivity contribution >= 4 is 0 Å². The molecule has 0 aromatic carbocycles. The lowest BCUT2D eigenvalue weighted by Gasteiger charge is -2.49. The number of fused-ring (bicyclic) bond motifs is 2. The number of piperidine rings is 1. The molecule has 3 aliphatic rings. The molecule has 2 bridgehead atoms. The molecule has 0 amide bonds. The minimum absolute atomic E-state index is 0.730. The molecule has 3 fully saturated rings. The van der Waals surface area contributed by atoms with Crippen molar-refractivity contribution in [2.45, 2.75) is 77.8 Å². The molecule has 0 aromatic heterocycles. The van der Waals surface area contributed by atoms with Gasteiger partial charge in [-0.2, -0.15) is 0 Å². The zero-order valence-corrected chi connectivity index (χ0v) is 14.5. The molecule has 1 aliphatic heterocycles. The molecule has 3 rings (SSSR count). The van der Waals surface area contributed by atoms with E-state index in [1.165, 1.54) is 64.6 Å². The van der Waals surface area contributed by atoms with Gasteiger partial charge in [0.25, 0.3) is 0 Å². The molecule has 122 valence electrons. The van der Waals surface area contributed by atoms with E-state index in [9.17, 15) is 0 Å². The van der Waals surface area contributed by atoms with Crippen molar-refractivity contribution in [3.63, 3.8) is 0 Å². The Bertz CT molecular complexity index is 314. The lowest BCUT2D eigenvalue weighted by molar-refractivity contribution is 0.0271. The number of nitrogens with one attached hydrogen (secondary N) is 1. The minimum Gasteiger partial charge on any atom is -0.313 e. The number of likely N-dealkylation sites (tertiary alicyclic amines) is 1. The molecule has 1 N–H and O–H groups in total. The Balaban J connectivity index is 1.53. The van der Waals surface area contributed by atoms with E-state index < -0.39 is 0 Å². The SMILES string of the molecule is CC1CCCC(CNC2C3CCCC2CN(C(C)C)C3)C1. The van der Waals surface area contributed by atoms with Crippen molar-refractivity contribution in [3.8, 4) is 0 Å². The predicted molar refractivity (Wildman–Crippen MR) is 90.5 cm³/mol. The van der Waals surface area contributed by atoms with E-state index >= 15 is 0 Å². The maximum absolute atomic E-state index is 4.05. The van der Waals surface area contributed by atoms with Gasteiger partial charge in [0.15, 0.2) is 0 Å². The van der Waals surface area contributed by atoms with E-state index in [1.807, 2.05) is 0 Å². The second kappa shape index (κ2) is 7.00.